The molecule has 0 spiro atoms. The number of anilines is 2. The summed E-state index contributed by atoms with van der Waals surface area (Å²) < 4.78 is 56.9. The van der Waals surface area contributed by atoms with Gasteiger partial charge < -0.3 is 5.32 Å². The molecule has 2 atom stereocenters. The first-order chi connectivity index (χ1) is 21.0. The highest BCUT2D eigenvalue weighted by atomic mass is 35.5. The van der Waals surface area contributed by atoms with E-state index in [2.05, 4.69) is 10.3 Å². The predicted octanol–water partition coefficient (Wildman–Crippen LogP) is 5.85. The van der Waals surface area contributed by atoms with Gasteiger partial charge in [0.1, 0.15) is 29.5 Å². The minimum Gasteiger partial charge on any atom is -0.351 e. The van der Waals surface area contributed by atoms with E-state index >= 15 is 0 Å². The standard InChI is InChI=1S/C31H26ClF4N5O3/c32-24-4-2-1-3-23(24)28(29(43)39-21-7-10-31(35,36)11-8-21)40(22-15-19(33)14-20(34)16-22)30(44)25-5-6-27(42)41(25)26-13-18(17-37)9-12-38-26/h1-4,9,12-16,21,25,28H,5-8,10-11H2,(H,39,43)/t25-,28-/m0/s1. The number of amides is 3. The molecule has 2 fully saturated rings. The average Bonchev–Trinajstić information content (AvgIpc) is 3.38. The summed E-state index contributed by atoms with van der Waals surface area (Å²) in [4.78, 5) is 47.8. The summed E-state index contributed by atoms with van der Waals surface area (Å²) in [6, 6.07) is 9.56. The van der Waals surface area contributed by atoms with Crippen LogP contribution < -0.4 is 15.1 Å². The van der Waals surface area contributed by atoms with Crippen LogP contribution in [0.5, 0.6) is 0 Å². The molecule has 2 aliphatic rings. The Balaban J connectivity index is 1.61. The highest BCUT2D eigenvalue weighted by Gasteiger charge is 2.45. The van der Waals surface area contributed by atoms with Gasteiger partial charge in [0.15, 0.2) is 0 Å². The van der Waals surface area contributed by atoms with Crippen LogP contribution >= 0.6 is 11.6 Å². The van der Waals surface area contributed by atoms with Crippen LogP contribution in [0.1, 0.15) is 55.7 Å². The van der Waals surface area contributed by atoms with E-state index in [4.69, 9.17) is 11.6 Å². The first kappa shape index (κ1) is 30.9. The minimum atomic E-state index is -2.86. The molecule has 3 amide bonds. The summed E-state index contributed by atoms with van der Waals surface area (Å²) in [5.74, 6) is -7.09. The largest absolute Gasteiger partial charge is 0.351 e. The normalized spacial score (nSPS) is 18.9. The molecule has 0 radical (unpaired) electrons. The van der Waals surface area contributed by atoms with Crippen LogP contribution in [0.4, 0.5) is 29.1 Å². The summed E-state index contributed by atoms with van der Waals surface area (Å²) in [6.45, 7) is 0. The zero-order valence-electron chi connectivity index (χ0n) is 23.2. The van der Waals surface area contributed by atoms with Gasteiger partial charge in [-0.25, -0.2) is 22.5 Å². The molecule has 1 aromatic heterocycles. The summed E-state index contributed by atoms with van der Waals surface area (Å²) in [5.41, 5.74) is -0.0524. The van der Waals surface area contributed by atoms with Gasteiger partial charge in [0, 0.05) is 48.2 Å². The lowest BCUT2D eigenvalue weighted by molar-refractivity contribution is -0.128. The number of aromatic nitrogens is 1. The molecule has 0 bridgehead atoms. The second-order valence-electron chi connectivity index (χ2n) is 10.7. The van der Waals surface area contributed by atoms with Crippen LogP contribution in [-0.2, 0) is 14.4 Å². The van der Waals surface area contributed by atoms with E-state index in [0.717, 1.165) is 21.9 Å². The number of hydrogen-bond donors (Lipinski definition) is 1. The summed E-state index contributed by atoms with van der Waals surface area (Å²) in [6.07, 6.45) is 0.248. The Kier molecular flexibility index (Phi) is 8.87. The molecule has 5 rings (SSSR count). The fourth-order valence-corrected chi connectivity index (χ4v) is 5.87. The number of nitrogens with zero attached hydrogens (tertiary/aromatic N) is 4. The minimum absolute atomic E-state index is 0.0113. The van der Waals surface area contributed by atoms with Gasteiger partial charge in [-0.05, 0) is 49.6 Å². The molecular weight excluding hydrogens is 602 g/mol. The van der Waals surface area contributed by atoms with Gasteiger partial charge in [-0.1, -0.05) is 29.8 Å². The topological polar surface area (TPSA) is 106 Å². The van der Waals surface area contributed by atoms with Crippen molar-refractivity contribution in [2.75, 3.05) is 9.80 Å². The van der Waals surface area contributed by atoms with Crippen LogP contribution in [0.25, 0.3) is 0 Å². The van der Waals surface area contributed by atoms with Gasteiger partial charge >= 0.3 is 0 Å². The Morgan fingerprint density at radius 2 is 1.75 bits per heavy atom. The molecule has 1 saturated heterocycles. The lowest BCUT2D eigenvalue weighted by Crippen LogP contribution is -2.53. The van der Waals surface area contributed by atoms with Crippen molar-refractivity contribution in [2.24, 2.45) is 0 Å². The van der Waals surface area contributed by atoms with E-state index < -0.39 is 66.2 Å². The molecule has 1 aliphatic heterocycles. The lowest BCUT2D eigenvalue weighted by Gasteiger charge is -2.37. The number of halogens is 5. The smallest absolute Gasteiger partial charge is 0.251 e. The Hall–Kier alpha value is -4.50. The molecule has 1 saturated carbocycles. The van der Waals surface area contributed by atoms with Crippen molar-refractivity contribution >= 4 is 40.8 Å². The van der Waals surface area contributed by atoms with E-state index in [-0.39, 0.29) is 53.3 Å². The van der Waals surface area contributed by atoms with Crippen LogP contribution in [0.3, 0.4) is 0 Å². The second-order valence-corrected chi connectivity index (χ2v) is 11.1. The molecule has 13 heteroatoms. The Labute approximate surface area is 255 Å². The number of pyridine rings is 1. The molecule has 0 unspecified atom stereocenters. The van der Waals surface area contributed by atoms with Crippen LogP contribution in [0.15, 0.2) is 60.8 Å². The Morgan fingerprint density at radius 1 is 1.07 bits per heavy atom. The Morgan fingerprint density at radius 3 is 2.41 bits per heavy atom. The van der Waals surface area contributed by atoms with Crippen LogP contribution in [0.2, 0.25) is 5.02 Å². The van der Waals surface area contributed by atoms with Gasteiger partial charge in [0.25, 0.3) is 5.91 Å². The molecule has 1 aliphatic carbocycles. The summed E-state index contributed by atoms with van der Waals surface area (Å²) in [5, 5.41) is 12.1. The van der Waals surface area contributed by atoms with Gasteiger partial charge in [0.05, 0.1) is 17.3 Å². The molecule has 228 valence electrons. The van der Waals surface area contributed by atoms with E-state index in [1.165, 1.54) is 30.5 Å². The van der Waals surface area contributed by atoms with Crippen molar-refractivity contribution < 1.29 is 31.9 Å². The zero-order valence-corrected chi connectivity index (χ0v) is 23.9. The average molecular weight is 628 g/mol. The quantitative estimate of drug-likeness (QED) is 0.331. The number of hydrogen-bond acceptors (Lipinski definition) is 5. The maximum absolute atomic E-state index is 14.6. The number of carbonyl (C=O) groups is 3. The summed E-state index contributed by atoms with van der Waals surface area (Å²) in [7, 11) is 0. The third-order valence-electron chi connectivity index (χ3n) is 7.75. The monoisotopic (exact) mass is 627 g/mol. The van der Waals surface area contributed by atoms with Crippen LogP contribution in [-0.4, -0.2) is 40.7 Å². The van der Waals surface area contributed by atoms with Gasteiger partial charge in [-0.2, -0.15) is 5.26 Å². The second kappa shape index (κ2) is 12.6. The molecular formula is C31H26ClF4N5O3. The number of benzene rings is 2. The molecule has 8 nitrogen and oxygen atoms in total. The molecule has 3 aromatic rings. The van der Waals surface area contributed by atoms with Crippen molar-refractivity contribution in [3.63, 3.8) is 0 Å². The molecule has 1 N–H and O–H groups in total. The molecule has 2 heterocycles. The molecule has 44 heavy (non-hydrogen) atoms. The maximum atomic E-state index is 14.6. The van der Waals surface area contributed by atoms with Crippen molar-refractivity contribution in [1.82, 2.24) is 10.3 Å². The third kappa shape index (κ3) is 6.53. The van der Waals surface area contributed by atoms with Gasteiger partial charge in [0.2, 0.25) is 17.7 Å². The predicted molar refractivity (Wildman–Crippen MR) is 153 cm³/mol. The zero-order chi connectivity index (χ0) is 31.6. The molecule has 2 aromatic carbocycles. The first-order valence-electron chi connectivity index (χ1n) is 13.9. The van der Waals surface area contributed by atoms with E-state index in [9.17, 15) is 37.2 Å². The highest BCUT2D eigenvalue weighted by Crippen LogP contribution is 2.38. The number of carbonyl (C=O) groups excluding carboxylic acids is 3. The van der Waals surface area contributed by atoms with Crippen molar-refractivity contribution in [1.29, 1.82) is 5.26 Å². The van der Waals surface area contributed by atoms with E-state index in [1.807, 2.05) is 6.07 Å². The number of rotatable bonds is 7. The third-order valence-corrected chi connectivity index (χ3v) is 8.10. The first-order valence-corrected chi connectivity index (χ1v) is 14.3. The van der Waals surface area contributed by atoms with E-state index in [1.54, 1.807) is 12.1 Å². The summed E-state index contributed by atoms with van der Waals surface area (Å²) >= 11 is 6.51. The lowest BCUT2D eigenvalue weighted by atomic mass is 9.91. The van der Waals surface area contributed by atoms with Crippen LogP contribution in [0, 0.1) is 23.0 Å². The SMILES string of the molecule is N#Cc1ccnc(N2C(=O)CC[C@H]2C(=O)N(c2cc(F)cc(F)c2)[C@H](C(=O)NC2CCC(F)(F)CC2)c2ccccc2Cl)c1. The van der Waals surface area contributed by atoms with Gasteiger partial charge in [-0.15, -0.1) is 0 Å². The number of nitrogens with one attached hydrogen (secondary N) is 1. The number of alkyl halides is 2. The van der Waals surface area contributed by atoms with Crippen molar-refractivity contribution in [2.45, 2.75) is 62.6 Å². The Bertz CT molecular complexity index is 1620. The number of nitriles is 1. The van der Waals surface area contributed by atoms with Gasteiger partial charge in [-0.3, -0.25) is 24.2 Å². The maximum Gasteiger partial charge on any atom is 0.251 e. The fraction of sp³-hybridized carbons (Fsp3) is 0.323. The fourth-order valence-electron chi connectivity index (χ4n) is 5.63. The van der Waals surface area contributed by atoms with Crippen molar-refractivity contribution in [3.05, 3.63) is 88.6 Å². The van der Waals surface area contributed by atoms with Crippen molar-refractivity contribution in [3.8, 4) is 6.07 Å². The van der Waals surface area contributed by atoms with E-state index in [0.29, 0.717) is 6.07 Å². The highest BCUT2D eigenvalue weighted by molar-refractivity contribution is 6.31.